The molecule has 2 atom stereocenters. The molecule has 2 unspecified atom stereocenters. The summed E-state index contributed by atoms with van der Waals surface area (Å²) in [7, 11) is 2.00. The molecule has 102 valence electrons. The molecule has 0 aromatic carbocycles. The summed E-state index contributed by atoms with van der Waals surface area (Å²) in [6.07, 6.45) is 5.17. The van der Waals surface area contributed by atoms with Gasteiger partial charge in [0.25, 0.3) is 0 Å². The molecule has 0 bridgehead atoms. The Balaban J connectivity index is 2.00. The highest BCUT2D eigenvalue weighted by atomic mass is 16.5. The number of nitrogens with one attached hydrogen (secondary N) is 1. The second-order valence-corrected chi connectivity index (χ2v) is 5.40. The molecule has 1 aliphatic heterocycles. The molecule has 0 aliphatic carbocycles. The van der Waals surface area contributed by atoms with Gasteiger partial charge in [0.15, 0.2) is 0 Å². The first-order valence-electron chi connectivity index (χ1n) is 6.86. The largest absolute Gasteiger partial charge is 0.377 e. The number of nitrogens with zero attached hydrogens (tertiary/aromatic N) is 3. The van der Waals surface area contributed by atoms with Gasteiger partial charge in [-0.05, 0) is 25.8 Å². The summed E-state index contributed by atoms with van der Waals surface area (Å²) in [4.78, 5) is 4.38. The third kappa shape index (κ3) is 3.29. The molecule has 0 amide bonds. The number of aromatic nitrogens is 3. The Morgan fingerprint density at radius 3 is 3.00 bits per heavy atom. The van der Waals surface area contributed by atoms with Crippen molar-refractivity contribution in [3.63, 3.8) is 0 Å². The van der Waals surface area contributed by atoms with Crippen molar-refractivity contribution in [3.05, 3.63) is 12.2 Å². The second-order valence-electron chi connectivity index (χ2n) is 5.40. The molecule has 18 heavy (non-hydrogen) atoms. The average molecular weight is 252 g/mol. The van der Waals surface area contributed by atoms with Crippen LogP contribution in [0.5, 0.6) is 0 Å². The topological polar surface area (TPSA) is 52.0 Å². The van der Waals surface area contributed by atoms with Crippen molar-refractivity contribution in [1.82, 2.24) is 20.1 Å². The number of rotatable bonds is 6. The lowest BCUT2D eigenvalue weighted by molar-refractivity contribution is 0.0798. The van der Waals surface area contributed by atoms with Crippen LogP contribution in [0.2, 0.25) is 0 Å². The molecule has 5 heteroatoms. The molecule has 0 spiro atoms. The molecule has 1 aromatic heterocycles. The van der Waals surface area contributed by atoms with E-state index in [1.807, 2.05) is 11.7 Å². The first kappa shape index (κ1) is 13.5. The zero-order chi connectivity index (χ0) is 13.0. The van der Waals surface area contributed by atoms with E-state index >= 15 is 0 Å². The minimum absolute atomic E-state index is 0.319. The lowest BCUT2D eigenvalue weighted by atomic mass is 10.0. The maximum Gasteiger partial charge on any atom is 0.138 e. The third-order valence-corrected chi connectivity index (χ3v) is 3.42. The zero-order valence-electron chi connectivity index (χ0n) is 11.6. The third-order valence-electron chi connectivity index (χ3n) is 3.42. The summed E-state index contributed by atoms with van der Waals surface area (Å²) < 4.78 is 7.77. The summed E-state index contributed by atoms with van der Waals surface area (Å²) in [5.41, 5.74) is 0. The molecule has 1 fully saturated rings. The van der Waals surface area contributed by atoms with Gasteiger partial charge in [0, 0.05) is 25.6 Å². The van der Waals surface area contributed by atoms with Gasteiger partial charge < -0.3 is 10.1 Å². The van der Waals surface area contributed by atoms with Crippen LogP contribution in [0.4, 0.5) is 0 Å². The second kappa shape index (κ2) is 6.29. The molecular weight excluding hydrogens is 228 g/mol. The van der Waals surface area contributed by atoms with Crippen LogP contribution in [0, 0.1) is 5.92 Å². The van der Waals surface area contributed by atoms with Gasteiger partial charge in [0.2, 0.25) is 0 Å². The van der Waals surface area contributed by atoms with Gasteiger partial charge in [0.05, 0.1) is 6.10 Å². The van der Waals surface area contributed by atoms with E-state index in [2.05, 4.69) is 29.2 Å². The Hall–Kier alpha value is -0.940. The summed E-state index contributed by atoms with van der Waals surface area (Å²) in [6.45, 7) is 6.21. The highest BCUT2D eigenvalue weighted by molar-refractivity contribution is 4.93. The van der Waals surface area contributed by atoms with Crippen molar-refractivity contribution in [3.8, 4) is 0 Å². The van der Waals surface area contributed by atoms with Crippen molar-refractivity contribution in [2.75, 3.05) is 13.7 Å². The number of likely N-dealkylation sites (N-methyl/N-ethyl adjacent to an activating group) is 1. The van der Waals surface area contributed by atoms with Gasteiger partial charge in [0.1, 0.15) is 12.2 Å². The summed E-state index contributed by atoms with van der Waals surface area (Å²) >= 11 is 0. The van der Waals surface area contributed by atoms with Gasteiger partial charge in [-0.25, -0.2) is 9.67 Å². The number of ether oxygens (including phenoxy) is 1. The quantitative estimate of drug-likeness (QED) is 0.827. The van der Waals surface area contributed by atoms with E-state index < -0.39 is 0 Å². The van der Waals surface area contributed by atoms with Crippen LogP contribution < -0.4 is 5.32 Å². The molecule has 1 aromatic rings. The lowest BCUT2D eigenvalue weighted by Gasteiger charge is -2.22. The van der Waals surface area contributed by atoms with E-state index in [9.17, 15) is 0 Å². The van der Waals surface area contributed by atoms with E-state index in [0.29, 0.717) is 18.1 Å². The fourth-order valence-corrected chi connectivity index (χ4v) is 2.48. The summed E-state index contributed by atoms with van der Waals surface area (Å²) in [5.74, 6) is 1.64. The van der Waals surface area contributed by atoms with Crippen LogP contribution in [-0.4, -0.2) is 40.6 Å². The van der Waals surface area contributed by atoms with Gasteiger partial charge in [-0.2, -0.15) is 5.10 Å². The molecule has 5 nitrogen and oxygen atoms in total. The van der Waals surface area contributed by atoms with E-state index in [4.69, 9.17) is 4.74 Å². The van der Waals surface area contributed by atoms with Crippen LogP contribution in [0.25, 0.3) is 0 Å². The Kier molecular flexibility index (Phi) is 4.72. The number of hydrogen-bond acceptors (Lipinski definition) is 4. The summed E-state index contributed by atoms with van der Waals surface area (Å²) in [6, 6.07) is 0.336. The number of hydrogen-bond donors (Lipinski definition) is 1. The maximum absolute atomic E-state index is 5.76. The average Bonchev–Trinajstić information content (AvgIpc) is 2.96. The Morgan fingerprint density at radius 1 is 1.56 bits per heavy atom. The molecular formula is C13H24N4O. The smallest absolute Gasteiger partial charge is 0.138 e. The first-order chi connectivity index (χ1) is 8.70. The predicted molar refractivity (Wildman–Crippen MR) is 70.4 cm³/mol. The zero-order valence-corrected chi connectivity index (χ0v) is 11.6. The van der Waals surface area contributed by atoms with Gasteiger partial charge in [-0.15, -0.1) is 0 Å². The standard InChI is InChI=1S/C13H24N4O/c1-10(2)8-17-13(15-9-16-17)7-11(14-3)12-5-4-6-18-12/h9-12,14H,4-8H2,1-3H3. The fourth-order valence-electron chi connectivity index (χ4n) is 2.48. The van der Waals surface area contributed by atoms with Crippen molar-refractivity contribution in [1.29, 1.82) is 0 Å². The normalized spacial score (nSPS) is 21.7. The van der Waals surface area contributed by atoms with Crippen molar-refractivity contribution < 1.29 is 4.74 Å². The first-order valence-corrected chi connectivity index (χ1v) is 6.86. The monoisotopic (exact) mass is 252 g/mol. The molecule has 2 heterocycles. The highest BCUT2D eigenvalue weighted by Gasteiger charge is 2.26. The van der Waals surface area contributed by atoms with Gasteiger partial charge >= 0.3 is 0 Å². The van der Waals surface area contributed by atoms with Crippen LogP contribution in [-0.2, 0) is 17.7 Å². The Bertz CT molecular complexity index is 358. The molecule has 0 saturated carbocycles. The maximum atomic E-state index is 5.76. The van der Waals surface area contributed by atoms with E-state index in [0.717, 1.165) is 31.8 Å². The molecule has 2 rings (SSSR count). The Morgan fingerprint density at radius 2 is 2.39 bits per heavy atom. The minimum Gasteiger partial charge on any atom is -0.377 e. The van der Waals surface area contributed by atoms with Gasteiger partial charge in [-0.3, -0.25) is 0 Å². The van der Waals surface area contributed by atoms with E-state index in [1.54, 1.807) is 6.33 Å². The van der Waals surface area contributed by atoms with Crippen molar-refractivity contribution in [2.24, 2.45) is 5.92 Å². The predicted octanol–water partition coefficient (Wildman–Crippen LogP) is 1.24. The van der Waals surface area contributed by atoms with E-state index in [-0.39, 0.29) is 0 Å². The fraction of sp³-hybridized carbons (Fsp3) is 0.846. The van der Waals surface area contributed by atoms with Gasteiger partial charge in [-0.1, -0.05) is 13.8 Å². The molecule has 0 radical (unpaired) electrons. The highest BCUT2D eigenvalue weighted by Crippen LogP contribution is 2.18. The molecule has 1 saturated heterocycles. The van der Waals surface area contributed by atoms with E-state index in [1.165, 1.54) is 6.42 Å². The van der Waals surface area contributed by atoms with Crippen LogP contribution in [0.3, 0.4) is 0 Å². The van der Waals surface area contributed by atoms with Crippen molar-refractivity contribution in [2.45, 2.75) is 51.8 Å². The minimum atomic E-state index is 0.319. The van der Waals surface area contributed by atoms with Crippen LogP contribution >= 0.6 is 0 Å². The Labute approximate surface area is 109 Å². The summed E-state index contributed by atoms with van der Waals surface area (Å²) in [5, 5.41) is 7.66. The SMILES string of the molecule is CNC(Cc1ncnn1CC(C)C)C1CCCO1. The lowest BCUT2D eigenvalue weighted by Crippen LogP contribution is -2.39. The molecule has 1 N–H and O–H groups in total. The van der Waals surface area contributed by atoms with Crippen molar-refractivity contribution >= 4 is 0 Å². The van der Waals surface area contributed by atoms with Crippen LogP contribution in [0.15, 0.2) is 6.33 Å². The van der Waals surface area contributed by atoms with Crippen LogP contribution in [0.1, 0.15) is 32.5 Å². The molecule has 1 aliphatic rings.